The number of halogens is 1. The van der Waals surface area contributed by atoms with Gasteiger partial charge in [-0.2, -0.15) is 0 Å². The predicted octanol–water partition coefficient (Wildman–Crippen LogP) is 2.45. The fourth-order valence-electron chi connectivity index (χ4n) is 3.84. The summed E-state index contributed by atoms with van der Waals surface area (Å²) >= 11 is 0. The molecule has 1 saturated heterocycles. The second kappa shape index (κ2) is 6.02. The van der Waals surface area contributed by atoms with Gasteiger partial charge in [-0.05, 0) is 42.5 Å². The first-order chi connectivity index (χ1) is 11.6. The molecule has 0 spiro atoms. The first-order valence-electron chi connectivity index (χ1n) is 8.38. The second-order valence-electron chi connectivity index (χ2n) is 6.50. The zero-order chi connectivity index (χ0) is 16.7. The van der Waals surface area contributed by atoms with Gasteiger partial charge in [0.2, 0.25) is 0 Å². The van der Waals surface area contributed by atoms with Crippen molar-refractivity contribution in [2.75, 3.05) is 13.2 Å². The number of aromatic nitrogens is 1. The van der Waals surface area contributed by atoms with Gasteiger partial charge in [-0.1, -0.05) is 12.8 Å². The van der Waals surface area contributed by atoms with E-state index in [1.54, 1.807) is 17.0 Å². The van der Waals surface area contributed by atoms with Crippen LogP contribution in [0, 0.1) is 5.82 Å². The second-order valence-corrected chi connectivity index (χ2v) is 6.50. The van der Waals surface area contributed by atoms with Crippen molar-refractivity contribution in [3.05, 3.63) is 46.0 Å². The third-order valence-electron chi connectivity index (χ3n) is 5.03. The number of nitrogens with zero attached hydrogens (tertiary/aromatic N) is 1. The molecule has 5 nitrogen and oxygen atoms in total. The number of carbonyl (C=O) groups is 1. The third-order valence-corrected chi connectivity index (χ3v) is 5.03. The van der Waals surface area contributed by atoms with E-state index in [1.807, 2.05) is 0 Å². The number of ether oxygens (including phenoxy) is 1. The van der Waals surface area contributed by atoms with Gasteiger partial charge < -0.3 is 14.6 Å². The fourth-order valence-corrected chi connectivity index (χ4v) is 3.84. The molecule has 2 aromatic rings. The maximum atomic E-state index is 13.3. The number of rotatable bonds is 1. The summed E-state index contributed by atoms with van der Waals surface area (Å²) in [6, 6.07) is 5.75. The van der Waals surface area contributed by atoms with Crippen LogP contribution in [0.3, 0.4) is 0 Å². The molecule has 1 aromatic carbocycles. The Labute approximate surface area is 138 Å². The van der Waals surface area contributed by atoms with Crippen LogP contribution < -0.4 is 5.56 Å². The molecule has 126 valence electrons. The van der Waals surface area contributed by atoms with Crippen molar-refractivity contribution >= 4 is 16.8 Å². The molecule has 24 heavy (non-hydrogen) atoms. The van der Waals surface area contributed by atoms with Crippen molar-refractivity contribution in [2.45, 2.75) is 37.8 Å². The van der Waals surface area contributed by atoms with E-state index in [1.165, 1.54) is 12.1 Å². The van der Waals surface area contributed by atoms with Crippen LogP contribution in [-0.2, 0) is 4.74 Å². The molecule has 1 N–H and O–H groups in total. The first kappa shape index (κ1) is 15.3. The summed E-state index contributed by atoms with van der Waals surface area (Å²) < 4.78 is 19.1. The summed E-state index contributed by atoms with van der Waals surface area (Å²) in [7, 11) is 0. The lowest BCUT2D eigenvalue weighted by atomic mass is 9.89. The first-order valence-corrected chi connectivity index (χ1v) is 8.38. The molecule has 1 aliphatic heterocycles. The minimum atomic E-state index is -0.475. The Morgan fingerprint density at radius 2 is 2.08 bits per heavy atom. The number of aromatic amines is 1. The van der Waals surface area contributed by atoms with Gasteiger partial charge in [-0.3, -0.25) is 9.59 Å². The van der Waals surface area contributed by atoms with E-state index in [0.29, 0.717) is 24.1 Å². The van der Waals surface area contributed by atoms with Gasteiger partial charge in [0.05, 0.1) is 24.3 Å². The fraction of sp³-hybridized carbons (Fsp3) is 0.444. The number of nitrogens with one attached hydrogen (secondary N) is 1. The average molecular weight is 330 g/mol. The molecule has 1 aromatic heterocycles. The van der Waals surface area contributed by atoms with Crippen molar-refractivity contribution in [3.63, 3.8) is 0 Å². The van der Waals surface area contributed by atoms with Crippen LogP contribution >= 0.6 is 0 Å². The largest absolute Gasteiger partial charge is 0.374 e. The number of hydrogen-bond donors (Lipinski definition) is 1. The Bertz CT molecular complexity index is 846. The standard InChI is InChI=1S/C18H19FN2O3/c19-12-6-5-11-9-13(17(22)20-14(11)10-12)18(23)21-7-8-24-16-4-2-1-3-15(16)21/h5-6,9-10,15-16H,1-4,7-8H2,(H,20,22). The molecule has 2 unspecified atom stereocenters. The summed E-state index contributed by atoms with van der Waals surface area (Å²) in [5.41, 5.74) is 0.0337. The molecule has 4 rings (SSSR count). The van der Waals surface area contributed by atoms with E-state index in [9.17, 15) is 14.0 Å². The molecule has 2 aliphatic rings. The average Bonchev–Trinajstić information content (AvgIpc) is 2.60. The minimum absolute atomic E-state index is 0.0447. The molecule has 0 radical (unpaired) electrons. The predicted molar refractivity (Wildman–Crippen MR) is 87.6 cm³/mol. The van der Waals surface area contributed by atoms with Crippen LogP contribution in [0.4, 0.5) is 4.39 Å². The van der Waals surface area contributed by atoms with Crippen molar-refractivity contribution in [1.82, 2.24) is 9.88 Å². The van der Waals surface area contributed by atoms with E-state index in [-0.39, 0.29) is 23.6 Å². The quantitative estimate of drug-likeness (QED) is 0.874. The van der Waals surface area contributed by atoms with E-state index >= 15 is 0 Å². The zero-order valence-corrected chi connectivity index (χ0v) is 13.3. The molecule has 1 saturated carbocycles. The van der Waals surface area contributed by atoms with E-state index in [0.717, 1.165) is 25.7 Å². The number of amides is 1. The molecule has 6 heteroatoms. The number of hydrogen-bond acceptors (Lipinski definition) is 3. The lowest BCUT2D eigenvalue weighted by molar-refractivity contribution is -0.0753. The molecule has 1 aliphatic carbocycles. The number of fused-ring (bicyclic) bond motifs is 2. The van der Waals surface area contributed by atoms with Crippen LogP contribution in [0.2, 0.25) is 0 Å². The number of benzene rings is 1. The van der Waals surface area contributed by atoms with E-state index < -0.39 is 11.4 Å². The number of carbonyl (C=O) groups excluding carboxylic acids is 1. The van der Waals surface area contributed by atoms with Crippen molar-refractivity contribution in [1.29, 1.82) is 0 Å². The highest BCUT2D eigenvalue weighted by Crippen LogP contribution is 2.29. The Hall–Kier alpha value is -2.21. The number of H-pyrrole nitrogens is 1. The van der Waals surface area contributed by atoms with Gasteiger partial charge in [-0.15, -0.1) is 0 Å². The summed E-state index contributed by atoms with van der Waals surface area (Å²) in [5.74, 6) is -0.682. The normalized spacial score (nSPS) is 24.0. The van der Waals surface area contributed by atoms with Gasteiger partial charge in [0.15, 0.2) is 0 Å². The van der Waals surface area contributed by atoms with Crippen LogP contribution in [0.5, 0.6) is 0 Å². The number of pyridine rings is 1. The van der Waals surface area contributed by atoms with Crippen molar-refractivity contribution in [3.8, 4) is 0 Å². The maximum absolute atomic E-state index is 13.3. The minimum Gasteiger partial charge on any atom is -0.374 e. The number of morpholine rings is 1. The van der Waals surface area contributed by atoms with Crippen molar-refractivity contribution < 1.29 is 13.9 Å². The Balaban J connectivity index is 1.71. The van der Waals surface area contributed by atoms with Gasteiger partial charge >= 0.3 is 0 Å². The molecule has 2 fully saturated rings. The molecule has 2 heterocycles. The highest BCUT2D eigenvalue weighted by Gasteiger charge is 2.37. The van der Waals surface area contributed by atoms with Gasteiger partial charge in [0.1, 0.15) is 11.4 Å². The van der Waals surface area contributed by atoms with Gasteiger partial charge in [-0.25, -0.2) is 4.39 Å². The van der Waals surface area contributed by atoms with Gasteiger partial charge in [0, 0.05) is 6.54 Å². The van der Waals surface area contributed by atoms with E-state index in [4.69, 9.17) is 4.74 Å². The summed E-state index contributed by atoms with van der Waals surface area (Å²) in [6.45, 7) is 1.00. The molecule has 2 atom stereocenters. The molecule has 1 amide bonds. The summed E-state index contributed by atoms with van der Waals surface area (Å²) in [5, 5.41) is 0.646. The molecular weight excluding hydrogens is 311 g/mol. The monoisotopic (exact) mass is 330 g/mol. The van der Waals surface area contributed by atoms with Crippen LogP contribution in [0.25, 0.3) is 10.9 Å². The highest BCUT2D eigenvalue weighted by molar-refractivity contribution is 5.97. The summed E-state index contributed by atoms with van der Waals surface area (Å²) in [6.07, 6.45) is 4.13. The molecule has 0 bridgehead atoms. The Morgan fingerprint density at radius 3 is 2.96 bits per heavy atom. The SMILES string of the molecule is O=C(c1cc2ccc(F)cc2[nH]c1=O)N1CCOC2CCCCC21. The smallest absolute Gasteiger partial charge is 0.261 e. The van der Waals surface area contributed by atoms with E-state index in [2.05, 4.69) is 4.98 Å². The highest BCUT2D eigenvalue weighted by atomic mass is 19.1. The lowest BCUT2D eigenvalue weighted by Crippen LogP contribution is -2.55. The summed E-state index contributed by atoms with van der Waals surface area (Å²) in [4.78, 5) is 29.7. The van der Waals surface area contributed by atoms with Crippen LogP contribution in [0.15, 0.2) is 29.1 Å². The molecular formula is C18H19FN2O3. The zero-order valence-electron chi connectivity index (χ0n) is 13.3. The maximum Gasteiger partial charge on any atom is 0.261 e. The Kier molecular flexibility index (Phi) is 3.84. The van der Waals surface area contributed by atoms with Gasteiger partial charge in [0.25, 0.3) is 11.5 Å². The third kappa shape index (κ3) is 2.60. The van der Waals surface area contributed by atoms with Crippen LogP contribution in [-0.4, -0.2) is 41.1 Å². The topological polar surface area (TPSA) is 62.4 Å². The Morgan fingerprint density at radius 1 is 1.25 bits per heavy atom. The lowest BCUT2D eigenvalue weighted by Gasteiger charge is -2.43. The van der Waals surface area contributed by atoms with Crippen LogP contribution in [0.1, 0.15) is 36.0 Å². The van der Waals surface area contributed by atoms with Crippen molar-refractivity contribution in [2.24, 2.45) is 0 Å².